The predicted octanol–water partition coefficient (Wildman–Crippen LogP) is 3.50. The van der Waals surface area contributed by atoms with E-state index < -0.39 is 0 Å². The summed E-state index contributed by atoms with van der Waals surface area (Å²) in [5.41, 5.74) is 0. The van der Waals surface area contributed by atoms with E-state index in [0.29, 0.717) is 12.5 Å². The first-order valence-electron chi connectivity index (χ1n) is 5.65. The molecule has 0 fully saturated rings. The van der Waals surface area contributed by atoms with Gasteiger partial charge in [0.05, 0.1) is 20.8 Å². The summed E-state index contributed by atoms with van der Waals surface area (Å²) in [5, 5.41) is 0.949. The van der Waals surface area contributed by atoms with Crippen LogP contribution in [0.2, 0.25) is 0 Å². The molecule has 0 N–H and O–H groups in total. The van der Waals surface area contributed by atoms with Gasteiger partial charge in [-0.3, -0.25) is 0 Å². The highest BCUT2D eigenvalue weighted by Gasteiger charge is 2.07. The number of hydrogen-bond donors (Lipinski definition) is 0. The molecule has 0 saturated carbocycles. The third-order valence-electron chi connectivity index (χ3n) is 2.61. The van der Waals surface area contributed by atoms with Crippen molar-refractivity contribution in [1.82, 2.24) is 0 Å². The Hall–Kier alpha value is -0.900. The van der Waals surface area contributed by atoms with Crippen molar-refractivity contribution < 1.29 is 14.2 Å². The first-order valence-corrected chi connectivity index (χ1v) is 6.77. The average molecular weight is 303 g/mol. The molecule has 0 bridgehead atoms. The van der Waals surface area contributed by atoms with E-state index in [-0.39, 0.29) is 0 Å². The number of benzene rings is 1. The molecule has 0 radical (unpaired) electrons. The third-order valence-corrected chi connectivity index (χ3v) is 3.52. The van der Waals surface area contributed by atoms with Gasteiger partial charge in [-0.25, -0.2) is 0 Å². The molecule has 1 rings (SSSR count). The van der Waals surface area contributed by atoms with Gasteiger partial charge in [0.15, 0.2) is 0 Å². The SMILES string of the molecule is CCC(CBr)COc1cc(OC)cc(OC)c1. The second kappa shape index (κ2) is 7.43. The fraction of sp³-hybridized carbons (Fsp3) is 0.538. The van der Waals surface area contributed by atoms with Gasteiger partial charge in [0, 0.05) is 29.4 Å². The van der Waals surface area contributed by atoms with Gasteiger partial charge < -0.3 is 14.2 Å². The molecule has 1 unspecified atom stereocenters. The summed E-state index contributed by atoms with van der Waals surface area (Å²) in [6, 6.07) is 5.56. The molecule has 0 saturated heterocycles. The van der Waals surface area contributed by atoms with E-state index in [4.69, 9.17) is 14.2 Å². The number of rotatable bonds is 7. The highest BCUT2D eigenvalue weighted by Crippen LogP contribution is 2.27. The van der Waals surface area contributed by atoms with Crippen molar-refractivity contribution >= 4 is 15.9 Å². The van der Waals surface area contributed by atoms with Crippen LogP contribution in [0.1, 0.15) is 13.3 Å². The van der Waals surface area contributed by atoms with Crippen molar-refractivity contribution in [2.45, 2.75) is 13.3 Å². The van der Waals surface area contributed by atoms with Crippen LogP contribution in [0.5, 0.6) is 17.2 Å². The Morgan fingerprint density at radius 3 is 2.00 bits per heavy atom. The molecule has 0 aliphatic carbocycles. The van der Waals surface area contributed by atoms with E-state index in [2.05, 4.69) is 22.9 Å². The standard InChI is InChI=1S/C13H19BrO3/c1-4-10(8-14)9-17-13-6-11(15-2)5-12(7-13)16-3/h5-7,10H,4,8-9H2,1-3H3. The van der Waals surface area contributed by atoms with E-state index in [1.807, 2.05) is 18.2 Å². The van der Waals surface area contributed by atoms with Crippen molar-refractivity contribution in [2.24, 2.45) is 5.92 Å². The maximum Gasteiger partial charge on any atom is 0.126 e. The zero-order valence-electron chi connectivity index (χ0n) is 10.5. The summed E-state index contributed by atoms with van der Waals surface area (Å²) in [6.45, 7) is 2.85. The van der Waals surface area contributed by atoms with E-state index in [1.165, 1.54) is 0 Å². The molecule has 0 aliphatic heterocycles. The van der Waals surface area contributed by atoms with Gasteiger partial charge in [-0.1, -0.05) is 22.9 Å². The zero-order chi connectivity index (χ0) is 12.7. The quantitative estimate of drug-likeness (QED) is 0.722. The summed E-state index contributed by atoms with van der Waals surface area (Å²) < 4.78 is 16.1. The Kier molecular flexibility index (Phi) is 6.19. The molecule has 0 amide bonds. The van der Waals surface area contributed by atoms with Gasteiger partial charge in [-0.2, -0.15) is 0 Å². The number of hydrogen-bond acceptors (Lipinski definition) is 3. The van der Waals surface area contributed by atoms with Crippen LogP contribution in [0, 0.1) is 5.92 Å². The molecule has 0 aromatic heterocycles. The Balaban J connectivity index is 2.69. The van der Waals surface area contributed by atoms with Crippen LogP contribution in [-0.4, -0.2) is 26.2 Å². The minimum Gasteiger partial charge on any atom is -0.496 e. The molecular formula is C13H19BrO3. The van der Waals surface area contributed by atoms with Crippen LogP contribution in [0.25, 0.3) is 0 Å². The normalized spacial score (nSPS) is 12.0. The molecule has 3 nitrogen and oxygen atoms in total. The fourth-order valence-electron chi connectivity index (χ4n) is 1.35. The summed E-state index contributed by atoms with van der Waals surface area (Å²) in [4.78, 5) is 0. The first-order chi connectivity index (χ1) is 8.23. The zero-order valence-corrected chi connectivity index (χ0v) is 12.1. The van der Waals surface area contributed by atoms with Crippen LogP contribution in [0.3, 0.4) is 0 Å². The summed E-state index contributed by atoms with van der Waals surface area (Å²) in [5.74, 6) is 2.78. The Morgan fingerprint density at radius 2 is 1.59 bits per heavy atom. The van der Waals surface area contributed by atoms with Gasteiger partial charge in [0.25, 0.3) is 0 Å². The van der Waals surface area contributed by atoms with E-state index in [0.717, 1.165) is 29.0 Å². The van der Waals surface area contributed by atoms with Crippen molar-refractivity contribution in [3.05, 3.63) is 18.2 Å². The van der Waals surface area contributed by atoms with Crippen molar-refractivity contribution in [2.75, 3.05) is 26.2 Å². The van der Waals surface area contributed by atoms with Crippen LogP contribution >= 0.6 is 15.9 Å². The lowest BCUT2D eigenvalue weighted by molar-refractivity contribution is 0.257. The Labute approximate surface area is 111 Å². The summed E-state index contributed by atoms with van der Waals surface area (Å²) >= 11 is 3.48. The maximum absolute atomic E-state index is 5.74. The fourth-order valence-corrected chi connectivity index (χ4v) is 1.99. The molecule has 1 aromatic rings. The number of ether oxygens (including phenoxy) is 3. The van der Waals surface area contributed by atoms with Crippen LogP contribution in [-0.2, 0) is 0 Å². The molecule has 96 valence electrons. The lowest BCUT2D eigenvalue weighted by Crippen LogP contribution is -2.12. The van der Waals surface area contributed by atoms with Gasteiger partial charge in [0.1, 0.15) is 17.2 Å². The minimum absolute atomic E-state index is 0.521. The van der Waals surface area contributed by atoms with E-state index in [9.17, 15) is 0 Å². The Morgan fingerprint density at radius 1 is 1.06 bits per heavy atom. The van der Waals surface area contributed by atoms with Gasteiger partial charge in [-0.05, 0) is 6.42 Å². The summed E-state index contributed by atoms with van der Waals surface area (Å²) in [7, 11) is 3.26. The van der Waals surface area contributed by atoms with Crippen molar-refractivity contribution in [3.63, 3.8) is 0 Å². The van der Waals surface area contributed by atoms with Gasteiger partial charge >= 0.3 is 0 Å². The summed E-state index contributed by atoms with van der Waals surface area (Å²) in [6.07, 6.45) is 1.09. The number of methoxy groups -OCH3 is 2. The second-order valence-corrected chi connectivity index (χ2v) is 4.44. The van der Waals surface area contributed by atoms with E-state index >= 15 is 0 Å². The third kappa shape index (κ3) is 4.46. The van der Waals surface area contributed by atoms with Gasteiger partial charge in [-0.15, -0.1) is 0 Å². The lowest BCUT2D eigenvalue weighted by atomic mass is 10.1. The number of halogens is 1. The monoisotopic (exact) mass is 302 g/mol. The smallest absolute Gasteiger partial charge is 0.126 e. The molecule has 1 atom stereocenters. The molecule has 1 aromatic carbocycles. The molecular weight excluding hydrogens is 284 g/mol. The van der Waals surface area contributed by atoms with Crippen molar-refractivity contribution in [1.29, 1.82) is 0 Å². The van der Waals surface area contributed by atoms with Crippen LogP contribution in [0.15, 0.2) is 18.2 Å². The van der Waals surface area contributed by atoms with Crippen LogP contribution in [0.4, 0.5) is 0 Å². The number of alkyl halides is 1. The van der Waals surface area contributed by atoms with Crippen LogP contribution < -0.4 is 14.2 Å². The molecule has 4 heteroatoms. The second-order valence-electron chi connectivity index (χ2n) is 3.79. The molecule has 0 spiro atoms. The highest BCUT2D eigenvalue weighted by atomic mass is 79.9. The largest absolute Gasteiger partial charge is 0.496 e. The first kappa shape index (κ1) is 14.2. The maximum atomic E-state index is 5.74. The lowest BCUT2D eigenvalue weighted by Gasteiger charge is -2.14. The molecule has 0 heterocycles. The minimum atomic E-state index is 0.521. The predicted molar refractivity (Wildman–Crippen MR) is 72.6 cm³/mol. The molecule has 0 aliphatic rings. The Bertz CT molecular complexity index is 315. The topological polar surface area (TPSA) is 27.7 Å². The average Bonchev–Trinajstić information content (AvgIpc) is 2.39. The molecule has 17 heavy (non-hydrogen) atoms. The van der Waals surface area contributed by atoms with E-state index in [1.54, 1.807) is 14.2 Å². The van der Waals surface area contributed by atoms with Crippen molar-refractivity contribution in [3.8, 4) is 17.2 Å². The van der Waals surface area contributed by atoms with Gasteiger partial charge in [0.2, 0.25) is 0 Å². The highest BCUT2D eigenvalue weighted by molar-refractivity contribution is 9.09.